The molecule has 0 saturated heterocycles. The topological polar surface area (TPSA) is 75.3 Å². The number of rotatable bonds is 7. The Labute approximate surface area is 145 Å². The van der Waals surface area contributed by atoms with Crippen molar-refractivity contribution >= 4 is 17.2 Å². The number of aromatic nitrogens is 2. The Balaban J connectivity index is 1.75. The van der Waals surface area contributed by atoms with Gasteiger partial charge in [-0.25, -0.2) is 9.97 Å². The van der Waals surface area contributed by atoms with Crippen LogP contribution in [0.5, 0.6) is 0 Å². The Morgan fingerprint density at radius 3 is 2.67 bits per heavy atom. The Bertz CT molecular complexity index is 749. The molecule has 24 heavy (non-hydrogen) atoms. The van der Waals surface area contributed by atoms with Gasteiger partial charge in [-0.15, -0.1) is 0 Å². The zero-order chi connectivity index (χ0) is 16.8. The highest BCUT2D eigenvalue weighted by molar-refractivity contribution is 7.07. The fourth-order valence-corrected chi connectivity index (χ4v) is 3.24. The van der Waals surface area contributed by atoms with Crippen molar-refractivity contribution in [3.63, 3.8) is 0 Å². The summed E-state index contributed by atoms with van der Waals surface area (Å²) in [7, 11) is 0. The Kier molecular flexibility index (Phi) is 5.53. The first-order valence-corrected chi connectivity index (χ1v) is 8.69. The number of hydrogen-bond acceptors (Lipinski definition) is 6. The third kappa shape index (κ3) is 4.61. The number of anilines is 1. The van der Waals surface area contributed by atoms with Crippen molar-refractivity contribution in [3.8, 4) is 0 Å². The van der Waals surface area contributed by atoms with Crippen LogP contribution in [0.2, 0.25) is 0 Å². The van der Waals surface area contributed by atoms with Crippen LogP contribution >= 0.6 is 11.3 Å². The highest BCUT2D eigenvalue weighted by Crippen LogP contribution is 2.19. The maximum Gasteiger partial charge on any atom is 0.144 e. The summed E-state index contributed by atoms with van der Waals surface area (Å²) in [4.78, 5) is 10.7. The highest BCUT2D eigenvalue weighted by atomic mass is 32.1. The normalized spacial score (nSPS) is 12.4. The van der Waals surface area contributed by atoms with Crippen molar-refractivity contribution in [1.29, 1.82) is 0 Å². The van der Waals surface area contributed by atoms with Gasteiger partial charge in [0.2, 0.25) is 0 Å². The summed E-state index contributed by atoms with van der Waals surface area (Å²) in [6, 6.07) is 13.8. The predicted molar refractivity (Wildman–Crippen MR) is 96.3 cm³/mol. The number of benzene rings is 1. The molecule has 3 N–H and O–H groups in total. The number of nitrogens with zero attached hydrogens (tertiary/aromatic N) is 3. The second-order valence-electron chi connectivity index (χ2n) is 5.63. The lowest BCUT2D eigenvalue weighted by molar-refractivity contribution is 0.104. The van der Waals surface area contributed by atoms with E-state index in [-0.39, 0.29) is 0 Å². The van der Waals surface area contributed by atoms with Gasteiger partial charge >= 0.3 is 0 Å². The van der Waals surface area contributed by atoms with E-state index >= 15 is 0 Å². The van der Waals surface area contributed by atoms with E-state index in [1.165, 1.54) is 5.56 Å². The summed E-state index contributed by atoms with van der Waals surface area (Å²) >= 11 is 1.59. The molecule has 0 spiro atoms. The van der Waals surface area contributed by atoms with E-state index in [9.17, 15) is 5.11 Å². The fourth-order valence-electron chi connectivity index (χ4n) is 2.53. The summed E-state index contributed by atoms with van der Waals surface area (Å²) in [6.07, 6.45) is 1.12. The Morgan fingerprint density at radius 2 is 1.96 bits per heavy atom. The van der Waals surface area contributed by atoms with Crippen LogP contribution in [0.1, 0.15) is 23.1 Å². The first kappa shape index (κ1) is 16.6. The quantitative estimate of drug-likeness (QED) is 0.692. The molecule has 6 heteroatoms. The molecule has 5 nitrogen and oxygen atoms in total. The molecule has 1 aromatic carbocycles. The number of nitrogens with two attached hydrogens (primary N) is 1. The first-order valence-electron chi connectivity index (χ1n) is 7.74. The molecule has 0 aliphatic carbocycles. The molecule has 1 unspecified atom stereocenters. The molecule has 124 valence electrons. The van der Waals surface area contributed by atoms with Crippen molar-refractivity contribution in [2.45, 2.75) is 19.2 Å². The number of hydrogen-bond donors (Lipinski definition) is 2. The minimum atomic E-state index is -0.541. The van der Waals surface area contributed by atoms with Gasteiger partial charge in [0.05, 0.1) is 12.6 Å². The molecule has 0 saturated carbocycles. The smallest absolute Gasteiger partial charge is 0.144 e. The van der Waals surface area contributed by atoms with E-state index in [1.54, 1.807) is 23.6 Å². The van der Waals surface area contributed by atoms with Crippen LogP contribution in [0.15, 0.2) is 59.4 Å². The largest absolute Gasteiger partial charge is 0.387 e. The van der Waals surface area contributed by atoms with Crippen LogP contribution in [-0.4, -0.2) is 26.5 Å². The van der Waals surface area contributed by atoms with Gasteiger partial charge in [-0.2, -0.15) is 11.3 Å². The van der Waals surface area contributed by atoms with Crippen molar-refractivity contribution in [2.75, 3.05) is 12.3 Å². The second kappa shape index (κ2) is 8.01. The molecule has 0 bridgehead atoms. The van der Waals surface area contributed by atoms with Crippen LogP contribution in [0.4, 0.5) is 5.82 Å². The maximum atomic E-state index is 10.5. The minimum Gasteiger partial charge on any atom is -0.387 e. The molecule has 2 aromatic heterocycles. The number of aliphatic hydroxyl groups is 1. The van der Waals surface area contributed by atoms with Gasteiger partial charge in [-0.1, -0.05) is 30.3 Å². The van der Waals surface area contributed by atoms with E-state index in [0.29, 0.717) is 31.3 Å². The predicted octanol–water partition coefficient (Wildman–Crippen LogP) is 2.86. The summed E-state index contributed by atoms with van der Waals surface area (Å²) in [6.45, 7) is 1.74. The summed E-state index contributed by atoms with van der Waals surface area (Å²) in [5, 5.41) is 14.4. The molecule has 1 atom stereocenters. The minimum absolute atomic E-state index is 0.457. The molecule has 3 rings (SSSR count). The number of nitrogen functional groups attached to an aromatic ring is 1. The van der Waals surface area contributed by atoms with E-state index in [2.05, 4.69) is 27.0 Å². The SMILES string of the molecule is Nc1ccnc(CN(Cc2ccccc2)CC(O)c2ccsc2)n1. The van der Waals surface area contributed by atoms with E-state index < -0.39 is 6.10 Å². The van der Waals surface area contributed by atoms with E-state index in [4.69, 9.17) is 5.73 Å². The van der Waals surface area contributed by atoms with Crippen LogP contribution in [0, 0.1) is 0 Å². The molecular weight excluding hydrogens is 320 g/mol. The molecule has 0 aliphatic heterocycles. The summed E-state index contributed by atoms with van der Waals surface area (Å²) in [5.74, 6) is 1.11. The lowest BCUT2D eigenvalue weighted by Gasteiger charge is -2.24. The highest BCUT2D eigenvalue weighted by Gasteiger charge is 2.16. The van der Waals surface area contributed by atoms with E-state index in [0.717, 1.165) is 5.56 Å². The lowest BCUT2D eigenvalue weighted by Crippen LogP contribution is -2.28. The zero-order valence-corrected chi connectivity index (χ0v) is 14.1. The summed E-state index contributed by atoms with van der Waals surface area (Å²) in [5.41, 5.74) is 7.86. The Morgan fingerprint density at radius 1 is 1.12 bits per heavy atom. The van der Waals surface area contributed by atoms with E-state index in [1.807, 2.05) is 35.0 Å². The molecule has 3 aromatic rings. The third-order valence-electron chi connectivity index (χ3n) is 3.70. The van der Waals surface area contributed by atoms with Crippen molar-refractivity contribution in [1.82, 2.24) is 14.9 Å². The molecule has 0 fully saturated rings. The van der Waals surface area contributed by atoms with Crippen molar-refractivity contribution in [3.05, 3.63) is 76.4 Å². The molecule has 0 amide bonds. The first-order chi connectivity index (χ1) is 11.7. The van der Waals surface area contributed by atoms with Gasteiger partial charge in [0.25, 0.3) is 0 Å². The third-order valence-corrected chi connectivity index (χ3v) is 4.40. The monoisotopic (exact) mass is 340 g/mol. The van der Waals surface area contributed by atoms with Crippen molar-refractivity contribution < 1.29 is 5.11 Å². The summed E-state index contributed by atoms with van der Waals surface area (Å²) < 4.78 is 0. The van der Waals surface area contributed by atoms with Crippen LogP contribution in [-0.2, 0) is 13.1 Å². The fraction of sp³-hybridized carbons (Fsp3) is 0.222. The number of aliphatic hydroxyl groups excluding tert-OH is 1. The van der Waals surface area contributed by atoms with Gasteiger partial charge in [-0.05, 0) is 34.0 Å². The average Bonchev–Trinajstić information content (AvgIpc) is 3.10. The van der Waals surface area contributed by atoms with Gasteiger partial charge in [-0.3, -0.25) is 4.90 Å². The lowest BCUT2D eigenvalue weighted by atomic mass is 10.1. The molecular formula is C18H20N4OS. The number of thiophene rings is 1. The Hall–Kier alpha value is -2.28. The van der Waals surface area contributed by atoms with Gasteiger partial charge in [0.1, 0.15) is 11.6 Å². The zero-order valence-electron chi connectivity index (χ0n) is 13.2. The molecule has 2 heterocycles. The average molecular weight is 340 g/mol. The van der Waals surface area contributed by atoms with Gasteiger partial charge in [0.15, 0.2) is 0 Å². The second-order valence-corrected chi connectivity index (χ2v) is 6.41. The van der Waals surface area contributed by atoms with Gasteiger partial charge < -0.3 is 10.8 Å². The van der Waals surface area contributed by atoms with Crippen molar-refractivity contribution in [2.24, 2.45) is 0 Å². The van der Waals surface area contributed by atoms with Crippen LogP contribution in [0.25, 0.3) is 0 Å². The van der Waals surface area contributed by atoms with Crippen LogP contribution in [0.3, 0.4) is 0 Å². The molecule has 0 radical (unpaired) electrons. The molecule has 0 aliphatic rings. The maximum absolute atomic E-state index is 10.5. The van der Waals surface area contributed by atoms with Crippen LogP contribution < -0.4 is 5.73 Å². The standard InChI is InChI=1S/C18H20N4OS/c19-17-6-8-20-18(21-17)12-22(10-14-4-2-1-3-5-14)11-16(23)15-7-9-24-13-15/h1-9,13,16,23H,10-12H2,(H2,19,20,21). The van der Waals surface area contributed by atoms with Gasteiger partial charge in [0, 0.05) is 19.3 Å².